The summed E-state index contributed by atoms with van der Waals surface area (Å²) in [5.41, 5.74) is 0.816. The van der Waals surface area contributed by atoms with E-state index in [0.29, 0.717) is 5.75 Å². The van der Waals surface area contributed by atoms with E-state index in [4.69, 9.17) is 0 Å². The molecule has 1 aromatic heterocycles. The third kappa shape index (κ3) is 4.13. The van der Waals surface area contributed by atoms with E-state index < -0.39 is 22.7 Å². The molecule has 0 saturated carbocycles. The van der Waals surface area contributed by atoms with Crippen LogP contribution in [0, 0.1) is 0 Å². The lowest BCUT2D eigenvalue weighted by molar-refractivity contribution is 0.0932. The van der Waals surface area contributed by atoms with Gasteiger partial charge in [0.05, 0.1) is 6.04 Å². The Kier molecular flexibility index (Phi) is 5.05. The predicted molar refractivity (Wildman–Crippen MR) is 81.5 cm³/mol. The molecule has 0 aliphatic rings. The van der Waals surface area contributed by atoms with Gasteiger partial charge in [-0.3, -0.25) is 9.00 Å². The maximum absolute atomic E-state index is 12.2. The van der Waals surface area contributed by atoms with E-state index >= 15 is 0 Å². The van der Waals surface area contributed by atoms with Gasteiger partial charge in [-0.15, -0.1) is 0 Å². The van der Waals surface area contributed by atoms with E-state index in [1.165, 1.54) is 12.3 Å². The lowest BCUT2D eigenvalue weighted by atomic mass is 10.1. The highest BCUT2D eigenvalue weighted by Crippen LogP contribution is 2.17. The Morgan fingerprint density at radius 2 is 2.00 bits per heavy atom. The van der Waals surface area contributed by atoms with Crippen molar-refractivity contribution in [3.63, 3.8) is 0 Å². The van der Waals surface area contributed by atoms with Gasteiger partial charge in [-0.1, -0.05) is 30.3 Å². The first-order valence-corrected chi connectivity index (χ1v) is 8.10. The summed E-state index contributed by atoms with van der Waals surface area (Å²) >= 11 is 0. The minimum absolute atomic E-state index is 0.0414. The molecular weight excluding hydrogens is 288 g/mol. The van der Waals surface area contributed by atoms with Crippen LogP contribution in [0.25, 0.3) is 0 Å². The zero-order valence-electron chi connectivity index (χ0n) is 11.5. The molecule has 1 heterocycles. The lowest BCUT2D eigenvalue weighted by Gasteiger charge is -2.18. The maximum atomic E-state index is 12.2. The maximum Gasteiger partial charge on any atom is 0.274 e. The Hall–Kier alpha value is -2.21. The van der Waals surface area contributed by atoms with Crippen molar-refractivity contribution in [2.75, 3.05) is 12.0 Å². The van der Waals surface area contributed by atoms with Gasteiger partial charge >= 0.3 is 0 Å². The molecule has 0 spiro atoms. The molecule has 0 fully saturated rings. The summed E-state index contributed by atoms with van der Waals surface area (Å²) in [6.45, 7) is 0. The summed E-state index contributed by atoms with van der Waals surface area (Å²) < 4.78 is 11.5. The molecule has 0 unspecified atom stereocenters. The van der Waals surface area contributed by atoms with Gasteiger partial charge in [0, 0.05) is 29.0 Å². The number of carbonyl (C=O) groups is 1. The number of aromatic nitrogens is 1. The van der Waals surface area contributed by atoms with Crippen molar-refractivity contribution < 1.29 is 14.1 Å². The summed E-state index contributed by atoms with van der Waals surface area (Å²) in [5, 5.41) is 12.4. The topological polar surface area (TPSA) is 79.3 Å². The summed E-state index contributed by atoms with van der Waals surface area (Å²) in [5.74, 6) is -0.379. The van der Waals surface area contributed by atoms with E-state index in [1.54, 1.807) is 12.3 Å². The molecule has 1 amide bonds. The molecule has 6 heteroatoms. The van der Waals surface area contributed by atoms with Crippen LogP contribution in [0.2, 0.25) is 0 Å². The Balaban J connectivity index is 2.21. The fourth-order valence-electron chi connectivity index (χ4n) is 1.94. The summed E-state index contributed by atoms with van der Waals surface area (Å²) in [4.78, 5) is 16.1. The zero-order chi connectivity index (χ0) is 15.2. The van der Waals surface area contributed by atoms with Gasteiger partial charge in [0.15, 0.2) is 5.69 Å². The number of benzene rings is 1. The van der Waals surface area contributed by atoms with E-state index in [-0.39, 0.29) is 11.4 Å². The van der Waals surface area contributed by atoms with Crippen molar-refractivity contribution in [1.29, 1.82) is 0 Å². The Bertz CT molecular complexity index is 646. The quantitative estimate of drug-likeness (QED) is 0.880. The molecule has 0 aliphatic carbocycles. The Morgan fingerprint density at radius 3 is 2.62 bits per heavy atom. The Morgan fingerprint density at radius 1 is 1.29 bits per heavy atom. The summed E-state index contributed by atoms with van der Waals surface area (Å²) in [6, 6.07) is 11.8. The van der Waals surface area contributed by atoms with Crippen LogP contribution in [-0.4, -0.2) is 32.2 Å². The van der Waals surface area contributed by atoms with Gasteiger partial charge in [-0.25, -0.2) is 4.98 Å². The van der Waals surface area contributed by atoms with Crippen molar-refractivity contribution in [1.82, 2.24) is 10.3 Å². The van der Waals surface area contributed by atoms with Crippen LogP contribution in [0.4, 0.5) is 0 Å². The van der Waals surface area contributed by atoms with Gasteiger partial charge < -0.3 is 10.4 Å². The van der Waals surface area contributed by atoms with Gasteiger partial charge in [-0.2, -0.15) is 0 Å². The molecular formula is C15H16N2O3S. The number of amides is 1. The number of hydrogen-bond donors (Lipinski definition) is 2. The van der Waals surface area contributed by atoms with Crippen molar-refractivity contribution in [3.8, 4) is 5.75 Å². The molecule has 0 aliphatic heterocycles. The number of hydrogen-bond acceptors (Lipinski definition) is 4. The first-order chi connectivity index (χ1) is 10.1. The second-order valence-electron chi connectivity index (χ2n) is 4.55. The summed E-state index contributed by atoms with van der Waals surface area (Å²) in [6.07, 6.45) is 3.02. The van der Waals surface area contributed by atoms with Crippen LogP contribution in [0.5, 0.6) is 5.75 Å². The highest BCUT2D eigenvalue weighted by Gasteiger charge is 2.19. The highest BCUT2D eigenvalue weighted by molar-refractivity contribution is 7.84. The third-order valence-corrected chi connectivity index (χ3v) is 3.71. The molecule has 0 radical (unpaired) electrons. The van der Waals surface area contributed by atoms with Crippen molar-refractivity contribution in [2.24, 2.45) is 0 Å². The molecule has 2 aromatic rings. The van der Waals surface area contributed by atoms with Crippen molar-refractivity contribution in [3.05, 3.63) is 59.9 Å². The van der Waals surface area contributed by atoms with Crippen LogP contribution in [-0.2, 0) is 10.8 Å². The molecule has 2 N–H and O–H groups in total. The van der Waals surface area contributed by atoms with Gasteiger partial charge in [0.2, 0.25) is 0 Å². The minimum Gasteiger partial charge on any atom is -0.505 e. The molecule has 2 atom stereocenters. The SMILES string of the molecule is C[S@](=O)C[C@@H](NC(=O)c1ncccc1O)c1ccccc1. The summed E-state index contributed by atoms with van der Waals surface area (Å²) in [7, 11) is -1.07. The number of nitrogens with zero attached hydrogens (tertiary/aromatic N) is 1. The third-order valence-electron chi connectivity index (χ3n) is 2.91. The molecule has 21 heavy (non-hydrogen) atoms. The predicted octanol–water partition coefficient (Wildman–Crippen LogP) is 1.64. The van der Waals surface area contributed by atoms with Crippen LogP contribution >= 0.6 is 0 Å². The number of nitrogens with one attached hydrogen (secondary N) is 1. The second-order valence-corrected chi connectivity index (χ2v) is 6.03. The fraction of sp³-hybridized carbons (Fsp3) is 0.200. The standard InChI is InChI=1S/C15H16N2O3S/c1-21(20)10-12(11-6-3-2-4-7-11)17-15(19)14-13(18)8-5-9-16-14/h2-9,12,18H,10H2,1H3,(H,17,19)/t12-,21+/m1/s1. The largest absolute Gasteiger partial charge is 0.505 e. The molecule has 0 bridgehead atoms. The van der Waals surface area contributed by atoms with E-state index in [9.17, 15) is 14.1 Å². The van der Waals surface area contributed by atoms with Crippen LogP contribution < -0.4 is 5.32 Å². The smallest absolute Gasteiger partial charge is 0.274 e. The minimum atomic E-state index is -1.07. The van der Waals surface area contributed by atoms with Crippen LogP contribution in [0.3, 0.4) is 0 Å². The number of rotatable bonds is 5. The Labute approximate surface area is 125 Å². The van der Waals surface area contributed by atoms with Crippen LogP contribution in [0.1, 0.15) is 22.1 Å². The number of carbonyl (C=O) groups excluding carboxylic acids is 1. The van der Waals surface area contributed by atoms with E-state index in [0.717, 1.165) is 5.56 Å². The van der Waals surface area contributed by atoms with Crippen LogP contribution in [0.15, 0.2) is 48.7 Å². The average Bonchev–Trinajstić information content (AvgIpc) is 2.47. The number of aromatic hydroxyl groups is 1. The fourth-order valence-corrected chi connectivity index (χ4v) is 2.68. The normalized spacial score (nSPS) is 13.4. The first-order valence-electron chi connectivity index (χ1n) is 6.37. The van der Waals surface area contributed by atoms with Gasteiger partial charge in [0.25, 0.3) is 5.91 Å². The van der Waals surface area contributed by atoms with Crippen molar-refractivity contribution >= 4 is 16.7 Å². The molecule has 110 valence electrons. The van der Waals surface area contributed by atoms with Gasteiger partial charge in [0.1, 0.15) is 5.75 Å². The number of pyridine rings is 1. The highest BCUT2D eigenvalue weighted by atomic mass is 32.2. The molecule has 2 rings (SSSR count). The van der Waals surface area contributed by atoms with Gasteiger partial charge in [-0.05, 0) is 17.7 Å². The zero-order valence-corrected chi connectivity index (χ0v) is 12.3. The first kappa shape index (κ1) is 15.2. The monoisotopic (exact) mass is 304 g/mol. The van der Waals surface area contributed by atoms with E-state index in [1.807, 2.05) is 30.3 Å². The second kappa shape index (κ2) is 6.99. The average molecular weight is 304 g/mol. The lowest BCUT2D eigenvalue weighted by Crippen LogP contribution is -2.32. The van der Waals surface area contributed by atoms with Crippen molar-refractivity contribution in [2.45, 2.75) is 6.04 Å². The molecule has 1 aromatic carbocycles. The van der Waals surface area contributed by atoms with E-state index in [2.05, 4.69) is 10.3 Å². The molecule has 5 nitrogen and oxygen atoms in total. The molecule has 0 saturated heterocycles.